The number of nitrogens with zero attached hydrogens (tertiary/aromatic N) is 1. The fraction of sp³-hybridized carbons (Fsp3) is 0.105. The van der Waals surface area contributed by atoms with Crippen LogP contribution in [-0.2, 0) is 14.8 Å². The Morgan fingerprint density at radius 2 is 1.74 bits per heavy atom. The van der Waals surface area contributed by atoms with Crippen LogP contribution in [0.5, 0.6) is 0 Å². The van der Waals surface area contributed by atoms with E-state index in [4.69, 9.17) is 0 Å². The number of carbonyl (C=O) groups is 1. The standard InChI is InChI=1S/C19H17FN2O3S2/c1-14-4-8-16(9-5-14)21-18(23)13-22(17-10-6-15(20)7-11-17)27(24,25)19-3-2-12-26-19/h2-12H,13H2,1H3,(H,21,23). The largest absolute Gasteiger partial charge is 0.325 e. The van der Waals surface area contributed by atoms with Crippen LogP contribution in [0.15, 0.2) is 70.3 Å². The van der Waals surface area contributed by atoms with Crippen LogP contribution >= 0.6 is 11.3 Å². The van der Waals surface area contributed by atoms with Crippen LogP contribution in [0.25, 0.3) is 0 Å². The molecule has 0 atom stereocenters. The SMILES string of the molecule is Cc1ccc(NC(=O)CN(c2ccc(F)cc2)S(=O)(=O)c2cccs2)cc1. The molecule has 8 heteroatoms. The Bertz CT molecular complexity index is 1020. The number of anilines is 2. The second kappa shape index (κ2) is 7.89. The van der Waals surface area contributed by atoms with Gasteiger partial charge in [0, 0.05) is 5.69 Å². The van der Waals surface area contributed by atoms with Crippen molar-refractivity contribution in [1.29, 1.82) is 0 Å². The molecule has 0 bridgehead atoms. The van der Waals surface area contributed by atoms with Gasteiger partial charge in [-0.15, -0.1) is 11.3 Å². The molecule has 3 rings (SSSR count). The second-order valence-corrected chi connectivity index (χ2v) is 8.87. The zero-order valence-electron chi connectivity index (χ0n) is 14.4. The average molecular weight is 404 g/mol. The van der Waals surface area contributed by atoms with E-state index in [-0.39, 0.29) is 9.90 Å². The minimum absolute atomic E-state index is 0.106. The maximum absolute atomic E-state index is 13.3. The van der Waals surface area contributed by atoms with Crippen molar-refractivity contribution in [3.05, 3.63) is 77.4 Å². The third-order valence-electron chi connectivity index (χ3n) is 3.78. The lowest BCUT2D eigenvalue weighted by atomic mass is 10.2. The highest BCUT2D eigenvalue weighted by Gasteiger charge is 2.28. The number of amides is 1. The number of sulfonamides is 1. The molecule has 0 fully saturated rings. The van der Waals surface area contributed by atoms with Crippen LogP contribution < -0.4 is 9.62 Å². The van der Waals surface area contributed by atoms with E-state index < -0.39 is 28.3 Å². The lowest BCUT2D eigenvalue weighted by molar-refractivity contribution is -0.114. The van der Waals surface area contributed by atoms with E-state index >= 15 is 0 Å². The number of halogens is 1. The summed E-state index contributed by atoms with van der Waals surface area (Å²) in [4.78, 5) is 12.5. The number of hydrogen-bond acceptors (Lipinski definition) is 4. The number of benzene rings is 2. The van der Waals surface area contributed by atoms with Crippen LogP contribution in [-0.4, -0.2) is 20.9 Å². The molecule has 3 aromatic rings. The normalized spacial score (nSPS) is 11.2. The number of nitrogens with one attached hydrogen (secondary N) is 1. The summed E-state index contributed by atoms with van der Waals surface area (Å²) in [6, 6.07) is 15.2. The van der Waals surface area contributed by atoms with Crippen LogP contribution in [0, 0.1) is 12.7 Å². The molecule has 0 saturated heterocycles. The van der Waals surface area contributed by atoms with Crippen molar-refractivity contribution in [2.45, 2.75) is 11.1 Å². The van der Waals surface area contributed by atoms with E-state index in [9.17, 15) is 17.6 Å². The molecule has 0 aliphatic carbocycles. The van der Waals surface area contributed by atoms with E-state index in [2.05, 4.69) is 5.32 Å². The van der Waals surface area contributed by atoms with E-state index in [1.54, 1.807) is 23.6 Å². The summed E-state index contributed by atoms with van der Waals surface area (Å²) in [5.74, 6) is -0.986. The van der Waals surface area contributed by atoms with Gasteiger partial charge in [-0.3, -0.25) is 9.10 Å². The van der Waals surface area contributed by atoms with Gasteiger partial charge in [-0.1, -0.05) is 23.8 Å². The van der Waals surface area contributed by atoms with Gasteiger partial charge >= 0.3 is 0 Å². The molecule has 0 unspecified atom stereocenters. The highest BCUT2D eigenvalue weighted by molar-refractivity contribution is 7.94. The van der Waals surface area contributed by atoms with Gasteiger partial charge in [0.1, 0.15) is 16.6 Å². The predicted molar refractivity (Wildman–Crippen MR) is 105 cm³/mol. The summed E-state index contributed by atoms with van der Waals surface area (Å²) in [5, 5.41) is 4.32. The molecule has 2 aromatic carbocycles. The van der Waals surface area contributed by atoms with Crippen LogP contribution in [0.1, 0.15) is 5.56 Å². The Kier molecular flexibility index (Phi) is 5.57. The fourth-order valence-corrected chi connectivity index (χ4v) is 4.93. The number of aryl methyl sites for hydroxylation is 1. The lowest BCUT2D eigenvalue weighted by Crippen LogP contribution is -2.37. The van der Waals surface area contributed by atoms with Crippen LogP contribution in [0.2, 0.25) is 0 Å². The summed E-state index contributed by atoms with van der Waals surface area (Å²) in [6.45, 7) is 1.50. The van der Waals surface area contributed by atoms with Gasteiger partial charge in [0.2, 0.25) is 5.91 Å². The first-order valence-electron chi connectivity index (χ1n) is 8.04. The molecular formula is C19H17FN2O3S2. The van der Waals surface area contributed by atoms with Crippen molar-refractivity contribution in [3.8, 4) is 0 Å². The highest BCUT2D eigenvalue weighted by Crippen LogP contribution is 2.26. The Morgan fingerprint density at radius 3 is 2.33 bits per heavy atom. The Labute approximate surface area is 161 Å². The van der Waals surface area contributed by atoms with E-state index in [0.29, 0.717) is 5.69 Å². The molecule has 0 radical (unpaired) electrons. The fourth-order valence-electron chi connectivity index (χ4n) is 2.41. The Balaban J connectivity index is 1.89. The van der Waals surface area contributed by atoms with Crippen molar-refractivity contribution in [3.63, 3.8) is 0 Å². The summed E-state index contributed by atoms with van der Waals surface area (Å²) in [6.07, 6.45) is 0. The number of carbonyl (C=O) groups excluding carboxylic acids is 1. The van der Waals surface area contributed by atoms with Gasteiger partial charge in [0.05, 0.1) is 5.69 Å². The first kappa shape index (κ1) is 19.1. The van der Waals surface area contributed by atoms with Gasteiger partial charge in [0.25, 0.3) is 10.0 Å². The number of hydrogen-bond donors (Lipinski definition) is 1. The minimum atomic E-state index is -3.95. The van der Waals surface area contributed by atoms with Crippen molar-refractivity contribution in [1.82, 2.24) is 0 Å². The molecule has 0 aliphatic rings. The Morgan fingerprint density at radius 1 is 1.07 bits per heavy atom. The van der Waals surface area contributed by atoms with Gasteiger partial charge in [-0.25, -0.2) is 12.8 Å². The highest BCUT2D eigenvalue weighted by atomic mass is 32.2. The topological polar surface area (TPSA) is 66.5 Å². The summed E-state index contributed by atoms with van der Waals surface area (Å²) in [7, 11) is -3.95. The van der Waals surface area contributed by atoms with Crippen molar-refractivity contribution in [2.75, 3.05) is 16.2 Å². The van der Waals surface area contributed by atoms with E-state index in [0.717, 1.165) is 33.3 Å². The molecule has 27 heavy (non-hydrogen) atoms. The maximum atomic E-state index is 13.3. The van der Waals surface area contributed by atoms with E-state index in [1.165, 1.54) is 18.2 Å². The monoisotopic (exact) mass is 404 g/mol. The summed E-state index contributed by atoms with van der Waals surface area (Å²) >= 11 is 1.05. The molecule has 1 N–H and O–H groups in total. The molecule has 140 valence electrons. The predicted octanol–water partition coefficient (Wildman–Crippen LogP) is 4.03. The molecule has 1 heterocycles. The molecule has 0 spiro atoms. The van der Waals surface area contributed by atoms with Crippen molar-refractivity contribution in [2.24, 2.45) is 0 Å². The van der Waals surface area contributed by atoms with E-state index in [1.807, 2.05) is 19.1 Å². The molecule has 5 nitrogen and oxygen atoms in total. The first-order chi connectivity index (χ1) is 12.9. The quantitative estimate of drug-likeness (QED) is 0.675. The van der Waals surface area contributed by atoms with Crippen LogP contribution in [0.4, 0.5) is 15.8 Å². The first-order valence-corrected chi connectivity index (χ1v) is 10.4. The lowest BCUT2D eigenvalue weighted by Gasteiger charge is -2.23. The smallest absolute Gasteiger partial charge is 0.274 e. The molecular weight excluding hydrogens is 387 g/mol. The molecule has 0 aliphatic heterocycles. The third kappa shape index (κ3) is 4.53. The van der Waals surface area contributed by atoms with Crippen molar-refractivity contribution >= 4 is 38.6 Å². The van der Waals surface area contributed by atoms with Crippen molar-refractivity contribution < 1.29 is 17.6 Å². The molecule has 1 aromatic heterocycles. The summed E-state index contributed by atoms with van der Waals surface area (Å²) < 4.78 is 40.3. The average Bonchev–Trinajstić information content (AvgIpc) is 3.18. The Hall–Kier alpha value is -2.71. The third-order valence-corrected chi connectivity index (χ3v) is 6.92. The number of rotatable bonds is 6. The zero-order chi connectivity index (χ0) is 19.4. The van der Waals surface area contributed by atoms with Gasteiger partial charge in [-0.05, 0) is 54.8 Å². The summed E-state index contributed by atoms with van der Waals surface area (Å²) in [5.41, 5.74) is 1.82. The molecule has 1 amide bonds. The van der Waals surface area contributed by atoms with Crippen LogP contribution in [0.3, 0.4) is 0 Å². The minimum Gasteiger partial charge on any atom is -0.325 e. The second-order valence-electron chi connectivity index (χ2n) is 5.83. The maximum Gasteiger partial charge on any atom is 0.274 e. The van der Waals surface area contributed by atoms with Gasteiger partial charge in [0.15, 0.2) is 0 Å². The molecule has 0 saturated carbocycles. The van der Waals surface area contributed by atoms with Gasteiger partial charge in [-0.2, -0.15) is 0 Å². The number of thiophene rings is 1. The van der Waals surface area contributed by atoms with Gasteiger partial charge < -0.3 is 5.32 Å². The zero-order valence-corrected chi connectivity index (χ0v) is 16.1.